The van der Waals surface area contributed by atoms with Crippen LogP contribution in [0, 0.1) is 0 Å². The van der Waals surface area contributed by atoms with Crippen LogP contribution in [0.5, 0.6) is 0 Å². The lowest BCUT2D eigenvalue weighted by Gasteiger charge is -2.26. The molecule has 11 heteroatoms. The summed E-state index contributed by atoms with van der Waals surface area (Å²) in [5, 5.41) is 11.1. The maximum Gasteiger partial charge on any atom is 0.243 e. The lowest BCUT2D eigenvalue weighted by molar-refractivity contribution is 0.0730. The lowest BCUT2D eigenvalue weighted by Crippen LogP contribution is -2.40. The first-order chi connectivity index (χ1) is 14.9. The molecule has 0 saturated carbocycles. The van der Waals surface area contributed by atoms with Crippen molar-refractivity contribution in [3.8, 4) is 0 Å². The summed E-state index contributed by atoms with van der Waals surface area (Å²) in [5.74, 6) is 0.943. The zero-order valence-electron chi connectivity index (χ0n) is 16.9. The Bertz CT molecular complexity index is 1140. The van der Waals surface area contributed by atoms with E-state index < -0.39 is 10.0 Å². The molecule has 2 aromatic heterocycles. The molecule has 1 aliphatic heterocycles. The number of nitrogens with zero attached hydrogens (tertiary/aromatic N) is 4. The van der Waals surface area contributed by atoms with E-state index in [-0.39, 0.29) is 16.4 Å². The van der Waals surface area contributed by atoms with Crippen LogP contribution in [0.25, 0.3) is 0 Å². The molecule has 3 heterocycles. The Hall–Kier alpha value is -2.05. The summed E-state index contributed by atoms with van der Waals surface area (Å²) in [5.41, 5.74) is 0.467. The molecule has 1 saturated heterocycles. The number of Topliss-reactive ketones (excluding diaryl/α,β-unsaturated/α-hetero) is 1. The fourth-order valence-corrected chi connectivity index (χ4v) is 6.09. The number of morpholine rings is 1. The largest absolute Gasteiger partial charge is 0.379 e. The topological polar surface area (TPSA) is 94.4 Å². The van der Waals surface area contributed by atoms with E-state index >= 15 is 0 Å². The number of ether oxygens (including phenoxy) is 1. The van der Waals surface area contributed by atoms with Gasteiger partial charge in [0.05, 0.1) is 23.9 Å². The highest BCUT2D eigenvalue weighted by Crippen LogP contribution is 2.22. The first-order valence-corrected chi connectivity index (χ1v) is 13.0. The Balaban J connectivity index is 1.37. The standard InChI is InChI=1S/C20H22N4O4S3/c1-23-19(13-16-3-2-12-29-16)21-22-20(23)30-14-18(25)15-4-6-17(7-5-15)31(26,27)24-8-10-28-11-9-24/h2-7,12H,8-11,13-14H2,1H3. The molecule has 1 aromatic carbocycles. The average Bonchev–Trinajstić information content (AvgIpc) is 3.43. The summed E-state index contributed by atoms with van der Waals surface area (Å²) in [6.07, 6.45) is 0.703. The van der Waals surface area contributed by atoms with Gasteiger partial charge in [-0.2, -0.15) is 4.31 Å². The van der Waals surface area contributed by atoms with Crippen LogP contribution < -0.4 is 0 Å². The van der Waals surface area contributed by atoms with Crippen molar-refractivity contribution >= 4 is 38.9 Å². The molecule has 3 aromatic rings. The molecule has 8 nitrogen and oxygen atoms in total. The van der Waals surface area contributed by atoms with Crippen LogP contribution >= 0.6 is 23.1 Å². The minimum absolute atomic E-state index is 0.0943. The van der Waals surface area contributed by atoms with E-state index in [0.29, 0.717) is 43.4 Å². The predicted molar refractivity (Wildman–Crippen MR) is 119 cm³/mol. The van der Waals surface area contributed by atoms with Gasteiger partial charge in [0.1, 0.15) is 5.82 Å². The quantitative estimate of drug-likeness (QED) is 0.363. The van der Waals surface area contributed by atoms with Crippen molar-refractivity contribution in [1.82, 2.24) is 19.1 Å². The molecule has 0 aliphatic carbocycles. The summed E-state index contributed by atoms with van der Waals surface area (Å²) in [7, 11) is -1.68. The van der Waals surface area contributed by atoms with Crippen molar-refractivity contribution in [3.05, 3.63) is 58.0 Å². The summed E-state index contributed by atoms with van der Waals surface area (Å²) < 4.78 is 33.9. The van der Waals surface area contributed by atoms with Gasteiger partial charge in [-0.15, -0.1) is 21.5 Å². The fraction of sp³-hybridized carbons (Fsp3) is 0.350. The molecule has 1 fully saturated rings. The summed E-state index contributed by atoms with van der Waals surface area (Å²) in [6, 6.07) is 10.2. The van der Waals surface area contributed by atoms with Crippen molar-refractivity contribution in [2.45, 2.75) is 16.5 Å². The summed E-state index contributed by atoms with van der Waals surface area (Å²) in [4.78, 5) is 14.0. The molecular weight excluding hydrogens is 456 g/mol. The minimum Gasteiger partial charge on any atom is -0.379 e. The Labute approximate surface area is 189 Å². The van der Waals surface area contributed by atoms with E-state index in [1.165, 1.54) is 33.1 Å². The SMILES string of the molecule is Cn1c(Cc2cccs2)nnc1SCC(=O)c1ccc(S(=O)(=O)N2CCOCC2)cc1. The van der Waals surface area contributed by atoms with E-state index in [2.05, 4.69) is 16.3 Å². The first-order valence-electron chi connectivity index (χ1n) is 9.70. The van der Waals surface area contributed by atoms with Crippen molar-refractivity contribution in [3.63, 3.8) is 0 Å². The zero-order valence-corrected chi connectivity index (χ0v) is 19.4. The van der Waals surface area contributed by atoms with Crippen LogP contribution in [-0.2, 0) is 28.2 Å². The van der Waals surface area contributed by atoms with Crippen LogP contribution in [0.2, 0.25) is 0 Å². The predicted octanol–water partition coefficient (Wildman–Crippen LogP) is 2.46. The van der Waals surface area contributed by atoms with Gasteiger partial charge in [0.25, 0.3) is 0 Å². The molecule has 164 valence electrons. The number of thioether (sulfide) groups is 1. The number of thiophene rings is 1. The third-order valence-electron chi connectivity index (χ3n) is 4.95. The van der Waals surface area contributed by atoms with Crippen molar-refractivity contribution in [1.29, 1.82) is 0 Å². The van der Waals surface area contributed by atoms with Crippen molar-refractivity contribution in [2.24, 2.45) is 7.05 Å². The molecule has 0 atom stereocenters. The second-order valence-electron chi connectivity index (χ2n) is 6.97. The van der Waals surface area contributed by atoms with Crippen LogP contribution in [-0.4, -0.2) is 65.3 Å². The number of rotatable bonds is 8. The second kappa shape index (κ2) is 9.61. The number of sulfonamides is 1. The first kappa shape index (κ1) is 22.2. The average molecular weight is 479 g/mol. The van der Waals surface area contributed by atoms with Crippen LogP contribution in [0.3, 0.4) is 0 Å². The molecule has 1 aliphatic rings. The molecule has 31 heavy (non-hydrogen) atoms. The number of carbonyl (C=O) groups excluding carboxylic acids is 1. The number of hydrogen-bond donors (Lipinski definition) is 0. The molecule has 0 bridgehead atoms. The monoisotopic (exact) mass is 478 g/mol. The Morgan fingerprint density at radius 3 is 2.58 bits per heavy atom. The van der Waals surface area contributed by atoms with Gasteiger partial charge in [-0.3, -0.25) is 4.79 Å². The summed E-state index contributed by atoms with van der Waals surface area (Å²) in [6.45, 7) is 1.46. The highest BCUT2D eigenvalue weighted by molar-refractivity contribution is 7.99. The maximum absolute atomic E-state index is 12.7. The van der Waals surface area contributed by atoms with E-state index in [1.807, 2.05) is 23.1 Å². The number of aromatic nitrogens is 3. The van der Waals surface area contributed by atoms with E-state index in [9.17, 15) is 13.2 Å². The normalized spacial score (nSPS) is 15.3. The Morgan fingerprint density at radius 1 is 1.16 bits per heavy atom. The molecule has 4 rings (SSSR count). The van der Waals surface area contributed by atoms with E-state index in [1.54, 1.807) is 23.5 Å². The number of carbonyl (C=O) groups is 1. The molecule has 0 N–H and O–H groups in total. The fourth-order valence-electron chi connectivity index (χ4n) is 3.16. The lowest BCUT2D eigenvalue weighted by atomic mass is 10.1. The minimum atomic E-state index is -3.57. The Kier molecular flexibility index (Phi) is 6.87. The van der Waals surface area contributed by atoms with Gasteiger partial charge in [-0.25, -0.2) is 8.42 Å². The number of ketones is 1. The van der Waals surface area contributed by atoms with Crippen LogP contribution in [0.4, 0.5) is 0 Å². The number of hydrogen-bond acceptors (Lipinski definition) is 8. The molecule has 0 amide bonds. The van der Waals surface area contributed by atoms with Gasteiger partial charge >= 0.3 is 0 Å². The van der Waals surface area contributed by atoms with Gasteiger partial charge in [-0.1, -0.05) is 30.0 Å². The highest BCUT2D eigenvalue weighted by atomic mass is 32.2. The number of benzene rings is 1. The Morgan fingerprint density at radius 2 is 1.90 bits per heavy atom. The summed E-state index contributed by atoms with van der Waals surface area (Å²) >= 11 is 2.99. The molecule has 0 spiro atoms. The van der Waals surface area contributed by atoms with Gasteiger partial charge in [0.15, 0.2) is 10.9 Å². The third-order valence-corrected chi connectivity index (χ3v) is 8.76. The van der Waals surface area contributed by atoms with E-state index in [4.69, 9.17) is 4.74 Å². The van der Waals surface area contributed by atoms with Crippen molar-refractivity contribution in [2.75, 3.05) is 32.1 Å². The van der Waals surface area contributed by atoms with E-state index in [0.717, 1.165) is 5.82 Å². The van der Waals surface area contributed by atoms with Gasteiger partial charge in [0.2, 0.25) is 10.0 Å². The van der Waals surface area contributed by atoms with Gasteiger partial charge in [0, 0.05) is 37.0 Å². The maximum atomic E-state index is 12.7. The van der Waals surface area contributed by atoms with Crippen LogP contribution in [0.15, 0.2) is 51.8 Å². The molecule has 0 unspecified atom stereocenters. The highest BCUT2D eigenvalue weighted by Gasteiger charge is 2.26. The second-order valence-corrected chi connectivity index (χ2v) is 10.9. The smallest absolute Gasteiger partial charge is 0.243 e. The van der Waals surface area contributed by atoms with Crippen LogP contribution in [0.1, 0.15) is 21.1 Å². The van der Waals surface area contributed by atoms with Gasteiger partial charge in [-0.05, 0) is 23.6 Å². The molecular formula is C20H22N4O4S3. The third kappa shape index (κ3) is 5.07. The van der Waals surface area contributed by atoms with Gasteiger partial charge < -0.3 is 9.30 Å². The van der Waals surface area contributed by atoms with Crippen molar-refractivity contribution < 1.29 is 17.9 Å². The molecule has 0 radical (unpaired) electrons. The zero-order chi connectivity index (χ0) is 21.8.